The highest BCUT2D eigenvalue weighted by atomic mass is 16.5. The van der Waals surface area contributed by atoms with Crippen molar-refractivity contribution in [3.8, 4) is 11.8 Å². The van der Waals surface area contributed by atoms with E-state index in [-0.39, 0.29) is 5.91 Å². The molecular formula is C23H26N2O3. The van der Waals surface area contributed by atoms with E-state index in [1.165, 1.54) is 0 Å². The Morgan fingerprint density at radius 1 is 1.21 bits per heavy atom. The Morgan fingerprint density at radius 3 is 2.57 bits per heavy atom. The van der Waals surface area contributed by atoms with Gasteiger partial charge in [-0.1, -0.05) is 44.2 Å². The van der Waals surface area contributed by atoms with Crippen LogP contribution in [0.25, 0.3) is 0 Å². The summed E-state index contributed by atoms with van der Waals surface area (Å²) in [6.07, 6.45) is 1.26. The second-order valence-electron chi connectivity index (χ2n) is 7.54. The number of carbonyl (C=O) groups is 1. The number of nitriles is 1. The van der Waals surface area contributed by atoms with Gasteiger partial charge in [0.25, 0.3) is 0 Å². The fourth-order valence-electron chi connectivity index (χ4n) is 3.45. The van der Waals surface area contributed by atoms with Gasteiger partial charge in [0.15, 0.2) is 0 Å². The van der Waals surface area contributed by atoms with Crippen molar-refractivity contribution < 1.29 is 14.3 Å². The molecule has 0 aromatic heterocycles. The number of ether oxygens (including phenoxy) is 2. The zero-order chi connectivity index (χ0) is 20.0. The smallest absolute Gasteiger partial charge is 0.235 e. The maximum atomic E-state index is 13.3. The highest BCUT2D eigenvalue weighted by molar-refractivity contribution is 5.99. The number of benzene rings is 2. The molecule has 1 aliphatic rings. The Balaban J connectivity index is 1.83. The SMILES string of the molecule is CC(C)COc1ccc(NC(=O)C2(c3ccccc3)CCOCC2)cc1C#N. The largest absolute Gasteiger partial charge is 0.492 e. The van der Waals surface area contributed by atoms with Crippen LogP contribution >= 0.6 is 0 Å². The molecule has 0 radical (unpaired) electrons. The summed E-state index contributed by atoms with van der Waals surface area (Å²) in [7, 11) is 0. The maximum Gasteiger partial charge on any atom is 0.235 e. The quantitative estimate of drug-likeness (QED) is 0.814. The predicted octanol–water partition coefficient (Wildman–Crippen LogP) is 4.28. The highest BCUT2D eigenvalue weighted by Gasteiger charge is 2.41. The van der Waals surface area contributed by atoms with E-state index in [0.29, 0.717) is 55.6 Å². The van der Waals surface area contributed by atoms with Crippen molar-refractivity contribution in [2.45, 2.75) is 32.1 Å². The second kappa shape index (κ2) is 8.90. The van der Waals surface area contributed by atoms with E-state index >= 15 is 0 Å². The number of amides is 1. The first kappa shape index (κ1) is 19.9. The van der Waals surface area contributed by atoms with Crippen molar-refractivity contribution in [3.05, 3.63) is 59.7 Å². The molecule has 1 heterocycles. The van der Waals surface area contributed by atoms with Crippen LogP contribution < -0.4 is 10.1 Å². The molecule has 0 aliphatic carbocycles. The molecule has 5 nitrogen and oxygen atoms in total. The van der Waals surface area contributed by atoms with Crippen LogP contribution in [0.5, 0.6) is 5.75 Å². The summed E-state index contributed by atoms with van der Waals surface area (Å²) >= 11 is 0. The fraction of sp³-hybridized carbons (Fsp3) is 0.391. The second-order valence-corrected chi connectivity index (χ2v) is 7.54. The lowest BCUT2D eigenvalue weighted by Crippen LogP contribution is -2.44. The number of carbonyl (C=O) groups excluding carboxylic acids is 1. The summed E-state index contributed by atoms with van der Waals surface area (Å²) in [5.74, 6) is 0.838. The standard InChI is InChI=1S/C23H26N2O3/c1-17(2)16-28-21-9-8-20(14-18(21)15-24)25-22(26)23(10-12-27-13-11-23)19-6-4-3-5-7-19/h3-9,14,17H,10-13,16H2,1-2H3,(H,25,26). The van der Waals surface area contributed by atoms with Gasteiger partial charge in [-0.25, -0.2) is 0 Å². The Kier molecular flexibility index (Phi) is 6.33. The van der Waals surface area contributed by atoms with E-state index in [1.807, 2.05) is 30.3 Å². The molecule has 0 saturated carbocycles. The van der Waals surface area contributed by atoms with E-state index in [1.54, 1.807) is 18.2 Å². The Bertz CT molecular complexity index is 850. The summed E-state index contributed by atoms with van der Waals surface area (Å²) in [4.78, 5) is 13.3. The summed E-state index contributed by atoms with van der Waals surface area (Å²) in [5, 5.41) is 12.5. The average Bonchev–Trinajstić information content (AvgIpc) is 2.73. The van der Waals surface area contributed by atoms with Crippen LogP contribution in [0.2, 0.25) is 0 Å². The van der Waals surface area contributed by atoms with E-state index < -0.39 is 5.41 Å². The number of hydrogen-bond donors (Lipinski definition) is 1. The lowest BCUT2D eigenvalue weighted by molar-refractivity contribution is -0.125. The van der Waals surface area contributed by atoms with Gasteiger partial charge in [0, 0.05) is 18.9 Å². The number of hydrogen-bond acceptors (Lipinski definition) is 4. The molecule has 1 amide bonds. The maximum absolute atomic E-state index is 13.3. The first-order valence-corrected chi connectivity index (χ1v) is 9.67. The molecule has 28 heavy (non-hydrogen) atoms. The van der Waals surface area contributed by atoms with Crippen molar-refractivity contribution in [1.29, 1.82) is 5.26 Å². The summed E-state index contributed by atoms with van der Waals surface area (Å²) in [5.41, 5.74) is 1.38. The van der Waals surface area contributed by atoms with Gasteiger partial charge in [-0.3, -0.25) is 4.79 Å². The predicted molar refractivity (Wildman–Crippen MR) is 108 cm³/mol. The molecule has 1 fully saturated rings. The topological polar surface area (TPSA) is 71.3 Å². The van der Waals surface area contributed by atoms with Crippen molar-refractivity contribution in [3.63, 3.8) is 0 Å². The van der Waals surface area contributed by atoms with E-state index in [2.05, 4.69) is 25.2 Å². The molecule has 146 valence electrons. The first-order valence-electron chi connectivity index (χ1n) is 9.67. The molecule has 0 atom stereocenters. The highest BCUT2D eigenvalue weighted by Crippen LogP contribution is 2.36. The molecule has 1 saturated heterocycles. The van der Waals surface area contributed by atoms with Crippen LogP contribution in [-0.4, -0.2) is 25.7 Å². The van der Waals surface area contributed by atoms with Gasteiger partial charge in [-0.2, -0.15) is 5.26 Å². The van der Waals surface area contributed by atoms with Gasteiger partial charge in [0.05, 0.1) is 17.6 Å². The molecular weight excluding hydrogens is 352 g/mol. The molecule has 0 unspecified atom stereocenters. The first-order chi connectivity index (χ1) is 13.5. The minimum Gasteiger partial charge on any atom is -0.492 e. The van der Waals surface area contributed by atoms with Crippen molar-refractivity contribution in [1.82, 2.24) is 0 Å². The zero-order valence-corrected chi connectivity index (χ0v) is 16.4. The third kappa shape index (κ3) is 4.35. The molecule has 1 N–H and O–H groups in total. The van der Waals surface area contributed by atoms with Crippen molar-refractivity contribution in [2.75, 3.05) is 25.1 Å². The molecule has 5 heteroatoms. The Labute approximate surface area is 166 Å². The lowest BCUT2D eigenvalue weighted by Gasteiger charge is -2.36. The van der Waals surface area contributed by atoms with Gasteiger partial charge in [0.2, 0.25) is 5.91 Å². The molecule has 3 rings (SSSR count). The molecule has 0 bridgehead atoms. The zero-order valence-electron chi connectivity index (χ0n) is 16.4. The molecule has 2 aromatic rings. The lowest BCUT2D eigenvalue weighted by atomic mass is 9.73. The van der Waals surface area contributed by atoms with Gasteiger partial charge in [-0.15, -0.1) is 0 Å². The monoisotopic (exact) mass is 378 g/mol. The molecule has 1 aliphatic heterocycles. The number of nitrogens with one attached hydrogen (secondary N) is 1. The van der Waals surface area contributed by atoms with E-state index in [4.69, 9.17) is 9.47 Å². The van der Waals surface area contributed by atoms with Crippen molar-refractivity contribution in [2.24, 2.45) is 5.92 Å². The van der Waals surface area contributed by atoms with Crippen LogP contribution in [0.3, 0.4) is 0 Å². The van der Waals surface area contributed by atoms with Crippen LogP contribution in [0.15, 0.2) is 48.5 Å². The van der Waals surface area contributed by atoms with Crippen LogP contribution in [0, 0.1) is 17.2 Å². The number of anilines is 1. The van der Waals surface area contributed by atoms with Crippen LogP contribution in [0.4, 0.5) is 5.69 Å². The Hall–Kier alpha value is -2.84. The normalized spacial score (nSPS) is 15.6. The number of rotatable bonds is 6. The van der Waals surface area contributed by atoms with Crippen LogP contribution in [0.1, 0.15) is 37.8 Å². The fourth-order valence-corrected chi connectivity index (χ4v) is 3.45. The molecule has 2 aromatic carbocycles. The minimum absolute atomic E-state index is 0.0678. The number of nitrogens with zero attached hydrogens (tertiary/aromatic N) is 1. The third-order valence-corrected chi connectivity index (χ3v) is 5.04. The third-order valence-electron chi connectivity index (χ3n) is 5.04. The van der Waals surface area contributed by atoms with Gasteiger partial charge >= 0.3 is 0 Å². The summed E-state index contributed by atoms with van der Waals surface area (Å²) in [6.45, 7) is 5.74. The van der Waals surface area contributed by atoms with E-state index in [9.17, 15) is 10.1 Å². The van der Waals surface area contributed by atoms with Gasteiger partial charge in [-0.05, 0) is 42.5 Å². The van der Waals surface area contributed by atoms with Crippen LogP contribution in [-0.2, 0) is 14.9 Å². The Morgan fingerprint density at radius 2 is 1.93 bits per heavy atom. The average molecular weight is 378 g/mol. The van der Waals surface area contributed by atoms with E-state index in [0.717, 1.165) is 5.56 Å². The summed E-state index contributed by atoms with van der Waals surface area (Å²) < 4.78 is 11.2. The van der Waals surface area contributed by atoms with Crippen molar-refractivity contribution >= 4 is 11.6 Å². The summed E-state index contributed by atoms with van der Waals surface area (Å²) in [6, 6.07) is 17.2. The van der Waals surface area contributed by atoms with Gasteiger partial charge < -0.3 is 14.8 Å². The molecule has 0 spiro atoms. The minimum atomic E-state index is -0.626. The van der Waals surface area contributed by atoms with Gasteiger partial charge in [0.1, 0.15) is 11.8 Å².